The van der Waals surface area contributed by atoms with Crippen LogP contribution in [0.3, 0.4) is 0 Å². The van der Waals surface area contributed by atoms with Crippen LogP contribution in [0, 0.1) is 0 Å². The molecular formula is C16H25NO2. The molecule has 106 valence electrons. The summed E-state index contributed by atoms with van der Waals surface area (Å²) in [5.74, 6) is 0. The molecule has 1 N–H and O–H groups in total. The smallest absolute Gasteiger partial charge is 0.156 e. The summed E-state index contributed by atoms with van der Waals surface area (Å²) >= 11 is 0. The van der Waals surface area contributed by atoms with Crippen molar-refractivity contribution in [3.8, 4) is 0 Å². The summed E-state index contributed by atoms with van der Waals surface area (Å²) in [4.78, 5) is 13.2. The van der Waals surface area contributed by atoms with Crippen molar-refractivity contribution in [1.82, 2.24) is 4.90 Å². The summed E-state index contributed by atoms with van der Waals surface area (Å²) in [5, 5.41) is 10.3. The molecule has 0 radical (unpaired) electrons. The van der Waals surface area contributed by atoms with Gasteiger partial charge in [0, 0.05) is 17.8 Å². The van der Waals surface area contributed by atoms with Gasteiger partial charge >= 0.3 is 0 Å². The number of aliphatic hydroxyl groups is 1. The highest BCUT2D eigenvalue weighted by Gasteiger charge is 2.28. The fourth-order valence-electron chi connectivity index (χ4n) is 3.03. The zero-order chi connectivity index (χ0) is 13.7. The number of hydrogen-bond acceptors (Lipinski definition) is 3. The van der Waals surface area contributed by atoms with E-state index in [-0.39, 0.29) is 0 Å². The Hall–Kier alpha value is -1.09. The Morgan fingerprint density at radius 2 is 2.05 bits per heavy atom. The van der Waals surface area contributed by atoms with Crippen molar-refractivity contribution in [3.63, 3.8) is 0 Å². The Balaban J connectivity index is 2.28. The Bertz CT molecular complexity index is 384. The van der Waals surface area contributed by atoms with Crippen molar-refractivity contribution in [3.05, 3.63) is 22.9 Å². The van der Waals surface area contributed by atoms with Crippen LogP contribution in [0.2, 0.25) is 0 Å². The molecule has 1 unspecified atom stereocenters. The Kier molecular flexibility index (Phi) is 5.20. The molecule has 1 aliphatic heterocycles. The second-order valence-corrected chi connectivity index (χ2v) is 5.57. The summed E-state index contributed by atoms with van der Waals surface area (Å²) in [6, 6.07) is 0. The van der Waals surface area contributed by atoms with Crippen molar-refractivity contribution in [2.24, 2.45) is 0 Å². The third kappa shape index (κ3) is 3.27. The second-order valence-electron chi connectivity index (χ2n) is 5.57. The van der Waals surface area contributed by atoms with Crippen molar-refractivity contribution in [2.45, 2.75) is 64.5 Å². The lowest BCUT2D eigenvalue weighted by atomic mass is 9.91. The number of hydrogen-bond donors (Lipinski definition) is 1. The molecule has 0 aromatic carbocycles. The molecule has 0 spiro atoms. The van der Waals surface area contributed by atoms with Crippen LogP contribution in [0.5, 0.6) is 0 Å². The zero-order valence-electron chi connectivity index (χ0n) is 11.9. The van der Waals surface area contributed by atoms with E-state index < -0.39 is 6.23 Å². The van der Waals surface area contributed by atoms with E-state index in [9.17, 15) is 9.90 Å². The van der Waals surface area contributed by atoms with E-state index in [0.29, 0.717) is 5.57 Å². The summed E-state index contributed by atoms with van der Waals surface area (Å²) in [7, 11) is 0. The maximum Gasteiger partial charge on any atom is 0.156 e. The molecule has 1 atom stereocenters. The first-order chi connectivity index (χ1) is 9.27. The number of carbonyl (C=O) groups excluding carboxylic acids is 1. The van der Waals surface area contributed by atoms with E-state index >= 15 is 0 Å². The van der Waals surface area contributed by atoms with Crippen LogP contribution in [0.1, 0.15) is 58.3 Å². The fourth-order valence-corrected chi connectivity index (χ4v) is 3.03. The van der Waals surface area contributed by atoms with Gasteiger partial charge in [-0.2, -0.15) is 0 Å². The first-order valence-corrected chi connectivity index (χ1v) is 7.61. The van der Waals surface area contributed by atoms with E-state index in [0.717, 1.165) is 38.5 Å². The average Bonchev–Trinajstić information content (AvgIpc) is 2.39. The zero-order valence-corrected chi connectivity index (χ0v) is 11.9. The maximum absolute atomic E-state index is 11.1. The minimum Gasteiger partial charge on any atom is -0.369 e. The van der Waals surface area contributed by atoms with Crippen molar-refractivity contribution in [1.29, 1.82) is 0 Å². The summed E-state index contributed by atoms with van der Waals surface area (Å²) in [6.07, 6.45) is 11.2. The van der Waals surface area contributed by atoms with Crippen LogP contribution >= 0.6 is 0 Å². The predicted molar refractivity (Wildman–Crippen MR) is 76.5 cm³/mol. The van der Waals surface area contributed by atoms with E-state index in [2.05, 4.69) is 11.8 Å². The second kappa shape index (κ2) is 6.90. The quantitative estimate of drug-likeness (QED) is 0.792. The molecule has 0 saturated heterocycles. The molecule has 0 amide bonds. The first-order valence-electron chi connectivity index (χ1n) is 7.61. The largest absolute Gasteiger partial charge is 0.369 e. The normalized spacial score (nSPS) is 24.4. The topological polar surface area (TPSA) is 40.5 Å². The molecule has 2 rings (SSSR count). The fraction of sp³-hybridized carbons (Fsp3) is 0.688. The van der Waals surface area contributed by atoms with Crippen LogP contribution in [0.25, 0.3) is 0 Å². The van der Waals surface area contributed by atoms with Crippen molar-refractivity contribution >= 4 is 6.29 Å². The molecule has 0 aromatic heterocycles. The highest BCUT2D eigenvalue weighted by atomic mass is 16.3. The molecule has 0 aromatic rings. The number of unbranched alkanes of at least 4 members (excludes halogenated alkanes) is 1. The van der Waals surface area contributed by atoms with Gasteiger partial charge in [0.05, 0.1) is 0 Å². The van der Waals surface area contributed by atoms with E-state index in [1.165, 1.54) is 37.0 Å². The van der Waals surface area contributed by atoms with E-state index in [1.807, 2.05) is 6.08 Å². The Labute approximate surface area is 116 Å². The maximum atomic E-state index is 11.1. The van der Waals surface area contributed by atoms with Gasteiger partial charge in [0.2, 0.25) is 0 Å². The molecule has 0 bridgehead atoms. The summed E-state index contributed by atoms with van der Waals surface area (Å²) in [5.41, 5.74) is 3.09. The Morgan fingerprint density at radius 3 is 2.74 bits per heavy atom. The summed E-state index contributed by atoms with van der Waals surface area (Å²) < 4.78 is 0. The van der Waals surface area contributed by atoms with Crippen molar-refractivity contribution < 1.29 is 9.90 Å². The molecule has 0 saturated carbocycles. The van der Waals surface area contributed by atoms with E-state index in [1.54, 1.807) is 0 Å². The number of rotatable bonds is 4. The van der Waals surface area contributed by atoms with Gasteiger partial charge in [0.15, 0.2) is 12.5 Å². The molecule has 1 heterocycles. The Morgan fingerprint density at radius 1 is 1.32 bits per heavy atom. The third-order valence-corrected chi connectivity index (χ3v) is 4.15. The van der Waals surface area contributed by atoms with Gasteiger partial charge in [-0.05, 0) is 43.8 Å². The van der Waals surface area contributed by atoms with E-state index in [4.69, 9.17) is 0 Å². The standard InChI is InChI=1S/C16H25NO2/c1-2-3-10-17-15-9-7-5-4-6-8-13(15)11-14(12-18)16(17)19/h11-12,16,19H,2-10H2,1H3. The lowest BCUT2D eigenvalue weighted by Gasteiger charge is -2.38. The number of aliphatic hydroxyl groups excluding tert-OH is 1. The average molecular weight is 263 g/mol. The molecule has 3 heteroatoms. The van der Waals surface area contributed by atoms with Crippen LogP contribution in [-0.4, -0.2) is 29.1 Å². The van der Waals surface area contributed by atoms with Crippen LogP contribution in [-0.2, 0) is 4.79 Å². The molecule has 0 fully saturated rings. The van der Waals surface area contributed by atoms with Gasteiger partial charge < -0.3 is 10.0 Å². The summed E-state index contributed by atoms with van der Waals surface area (Å²) in [6.45, 7) is 3.00. The molecular weight excluding hydrogens is 238 g/mol. The van der Waals surface area contributed by atoms with Crippen molar-refractivity contribution in [2.75, 3.05) is 6.54 Å². The van der Waals surface area contributed by atoms with Gasteiger partial charge in [-0.25, -0.2) is 0 Å². The first kappa shape index (κ1) is 14.3. The number of nitrogens with zero attached hydrogens (tertiary/aromatic N) is 1. The number of carbonyl (C=O) groups is 1. The molecule has 19 heavy (non-hydrogen) atoms. The minimum atomic E-state index is -0.734. The van der Waals surface area contributed by atoms with Crippen LogP contribution in [0.15, 0.2) is 22.9 Å². The third-order valence-electron chi connectivity index (χ3n) is 4.15. The van der Waals surface area contributed by atoms with Gasteiger partial charge in [-0.1, -0.05) is 26.2 Å². The van der Waals surface area contributed by atoms with Crippen LogP contribution in [0.4, 0.5) is 0 Å². The molecule has 1 aliphatic carbocycles. The lowest BCUT2D eigenvalue weighted by Crippen LogP contribution is -2.40. The van der Waals surface area contributed by atoms with Gasteiger partial charge in [-0.15, -0.1) is 0 Å². The van der Waals surface area contributed by atoms with Gasteiger partial charge in [0.1, 0.15) is 0 Å². The molecule has 2 aliphatic rings. The molecule has 3 nitrogen and oxygen atoms in total. The lowest BCUT2D eigenvalue weighted by molar-refractivity contribution is -0.106. The van der Waals surface area contributed by atoms with Crippen LogP contribution < -0.4 is 0 Å². The van der Waals surface area contributed by atoms with Gasteiger partial charge in [-0.3, -0.25) is 4.79 Å². The number of allylic oxidation sites excluding steroid dienone is 3. The highest BCUT2D eigenvalue weighted by Crippen LogP contribution is 2.33. The predicted octanol–water partition coefficient (Wildman–Crippen LogP) is 3.15. The number of aldehydes is 1. The highest BCUT2D eigenvalue weighted by molar-refractivity contribution is 5.76. The van der Waals surface area contributed by atoms with Gasteiger partial charge in [0.25, 0.3) is 0 Å². The SMILES string of the molecule is CCCCN1C2=C(C=C(C=O)C1O)CCCCCC2. The monoisotopic (exact) mass is 263 g/mol. The minimum absolute atomic E-state index is 0.524.